The largest absolute Gasteiger partial charge is 0.497 e. The van der Waals surface area contributed by atoms with Crippen LogP contribution < -0.4 is 24.7 Å². The monoisotopic (exact) mass is 418 g/mol. The zero-order valence-corrected chi connectivity index (χ0v) is 17.4. The number of methoxy groups -OCH3 is 2. The lowest BCUT2D eigenvalue weighted by Crippen LogP contribution is -2.21. The topological polar surface area (TPSA) is 115 Å². The number of aromatic nitrogens is 2. The van der Waals surface area contributed by atoms with E-state index in [0.717, 1.165) is 11.1 Å². The van der Waals surface area contributed by atoms with Crippen LogP contribution in [-0.4, -0.2) is 31.0 Å². The molecule has 3 aromatic rings. The SMILES string of the molecule is CCOc1ccc([C@@H]2C(C#N)=C(N)Oc3n[nH]c(-c4cccc(OC)c4)c32)cc1OC. The van der Waals surface area contributed by atoms with Crippen LogP contribution in [0.25, 0.3) is 11.3 Å². The molecule has 8 heteroatoms. The van der Waals surface area contributed by atoms with Gasteiger partial charge in [-0.05, 0) is 36.8 Å². The van der Waals surface area contributed by atoms with Crippen molar-refractivity contribution in [1.82, 2.24) is 10.2 Å². The summed E-state index contributed by atoms with van der Waals surface area (Å²) < 4.78 is 22.2. The molecule has 3 N–H and O–H groups in total. The number of aromatic amines is 1. The number of rotatable bonds is 6. The molecular formula is C23H22N4O4. The van der Waals surface area contributed by atoms with Gasteiger partial charge >= 0.3 is 0 Å². The highest BCUT2D eigenvalue weighted by molar-refractivity contribution is 5.72. The molecule has 158 valence electrons. The van der Waals surface area contributed by atoms with E-state index in [1.54, 1.807) is 14.2 Å². The molecule has 4 rings (SSSR count). The quantitative estimate of drug-likeness (QED) is 0.627. The Hall–Kier alpha value is -4.12. The van der Waals surface area contributed by atoms with E-state index in [1.807, 2.05) is 49.4 Å². The van der Waals surface area contributed by atoms with Crippen LogP contribution in [0.4, 0.5) is 0 Å². The molecule has 0 radical (unpaired) electrons. The number of nitriles is 1. The van der Waals surface area contributed by atoms with Gasteiger partial charge in [-0.3, -0.25) is 5.10 Å². The van der Waals surface area contributed by atoms with Crippen molar-refractivity contribution in [1.29, 1.82) is 5.26 Å². The molecule has 0 fully saturated rings. The van der Waals surface area contributed by atoms with Crippen molar-refractivity contribution >= 4 is 0 Å². The molecule has 0 amide bonds. The number of hydrogen-bond acceptors (Lipinski definition) is 7. The minimum atomic E-state index is -0.502. The molecular weight excluding hydrogens is 396 g/mol. The number of ether oxygens (including phenoxy) is 4. The molecule has 1 atom stereocenters. The molecule has 2 heterocycles. The Bertz CT molecular complexity index is 1190. The number of benzene rings is 2. The van der Waals surface area contributed by atoms with Gasteiger partial charge in [-0.15, -0.1) is 5.10 Å². The zero-order valence-electron chi connectivity index (χ0n) is 17.4. The van der Waals surface area contributed by atoms with E-state index in [0.29, 0.717) is 46.6 Å². The van der Waals surface area contributed by atoms with Crippen LogP contribution in [0.5, 0.6) is 23.1 Å². The van der Waals surface area contributed by atoms with Crippen LogP contribution in [0.2, 0.25) is 0 Å². The summed E-state index contributed by atoms with van der Waals surface area (Å²) in [6.45, 7) is 2.41. The molecule has 2 aromatic carbocycles. The second-order valence-corrected chi connectivity index (χ2v) is 6.82. The molecule has 0 bridgehead atoms. The van der Waals surface area contributed by atoms with Crippen LogP contribution in [-0.2, 0) is 0 Å². The Balaban J connectivity index is 1.91. The van der Waals surface area contributed by atoms with Gasteiger partial charge in [0.25, 0.3) is 0 Å². The van der Waals surface area contributed by atoms with Crippen molar-refractivity contribution in [3.05, 3.63) is 65.0 Å². The minimum absolute atomic E-state index is 0.0246. The van der Waals surface area contributed by atoms with Crippen LogP contribution in [0.1, 0.15) is 24.0 Å². The third-order valence-electron chi connectivity index (χ3n) is 5.12. The molecule has 0 saturated heterocycles. The first-order valence-corrected chi connectivity index (χ1v) is 9.72. The average Bonchev–Trinajstić information content (AvgIpc) is 3.22. The Kier molecular flexibility index (Phi) is 5.41. The van der Waals surface area contributed by atoms with E-state index < -0.39 is 5.92 Å². The van der Waals surface area contributed by atoms with E-state index in [9.17, 15) is 5.26 Å². The number of nitrogens with zero attached hydrogens (tertiary/aromatic N) is 2. The van der Waals surface area contributed by atoms with Gasteiger partial charge in [0, 0.05) is 5.56 Å². The van der Waals surface area contributed by atoms with Crippen LogP contribution in [0.3, 0.4) is 0 Å². The van der Waals surface area contributed by atoms with Gasteiger partial charge in [0.05, 0.1) is 38.0 Å². The fourth-order valence-corrected chi connectivity index (χ4v) is 3.72. The number of hydrogen-bond donors (Lipinski definition) is 2. The van der Waals surface area contributed by atoms with Gasteiger partial charge in [-0.25, -0.2) is 0 Å². The number of allylic oxidation sites excluding steroid dienone is 1. The summed E-state index contributed by atoms with van der Waals surface area (Å²) >= 11 is 0. The molecule has 1 aliphatic rings. The average molecular weight is 418 g/mol. The Morgan fingerprint density at radius 1 is 1.16 bits per heavy atom. The normalized spacial score (nSPS) is 15.0. The Labute approximate surface area is 179 Å². The van der Waals surface area contributed by atoms with Gasteiger partial charge < -0.3 is 24.7 Å². The minimum Gasteiger partial charge on any atom is -0.497 e. The summed E-state index contributed by atoms with van der Waals surface area (Å²) in [7, 11) is 3.18. The maximum absolute atomic E-state index is 9.89. The highest BCUT2D eigenvalue weighted by Crippen LogP contribution is 2.47. The van der Waals surface area contributed by atoms with Gasteiger partial charge in [0.2, 0.25) is 11.8 Å². The predicted molar refractivity (Wildman–Crippen MR) is 114 cm³/mol. The smallest absolute Gasteiger partial charge is 0.244 e. The Morgan fingerprint density at radius 2 is 2.00 bits per heavy atom. The van der Waals surface area contributed by atoms with Gasteiger partial charge in [-0.1, -0.05) is 18.2 Å². The maximum atomic E-state index is 9.89. The maximum Gasteiger partial charge on any atom is 0.244 e. The molecule has 0 unspecified atom stereocenters. The van der Waals surface area contributed by atoms with E-state index in [4.69, 9.17) is 24.7 Å². The third-order valence-corrected chi connectivity index (χ3v) is 5.12. The van der Waals surface area contributed by atoms with Gasteiger partial charge in [0.1, 0.15) is 17.4 Å². The van der Waals surface area contributed by atoms with Crippen molar-refractivity contribution < 1.29 is 18.9 Å². The lowest BCUT2D eigenvalue weighted by Gasteiger charge is -2.25. The summed E-state index contributed by atoms with van der Waals surface area (Å²) in [5, 5.41) is 17.2. The first kappa shape index (κ1) is 20.2. The Morgan fingerprint density at radius 3 is 2.71 bits per heavy atom. The second-order valence-electron chi connectivity index (χ2n) is 6.82. The lowest BCUT2D eigenvalue weighted by atomic mass is 9.83. The van der Waals surface area contributed by atoms with E-state index in [1.165, 1.54) is 0 Å². The van der Waals surface area contributed by atoms with Gasteiger partial charge in [0.15, 0.2) is 11.5 Å². The summed E-state index contributed by atoms with van der Waals surface area (Å²) in [6, 6.07) is 15.3. The molecule has 1 aromatic heterocycles. The van der Waals surface area contributed by atoms with E-state index >= 15 is 0 Å². The molecule has 8 nitrogen and oxygen atoms in total. The fraction of sp³-hybridized carbons (Fsp3) is 0.217. The van der Waals surface area contributed by atoms with Gasteiger partial charge in [-0.2, -0.15) is 5.26 Å². The fourth-order valence-electron chi connectivity index (χ4n) is 3.72. The number of fused-ring (bicyclic) bond motifs is 1. The molecule has 0 spiro atoms. The summed E-state index contributed by atoms with van der Waals surface area (Å²) in [4.78, 5) is 0. The predicted octanol–water partition coefficient (Wildman–Crippen LogP) is 3.71. The van der Waals surface area contributed by atoms with Crippen molar-refractivity contribution in [2.75, 3.05) is 20.8 Å². The molecule has 0 saturated carbocycles. The highest BCUT2D eigenvalue weighted by Gasteiger charge is 2.36. The van der Waals surface area contributed by atoms with Crippen molar-refractivity contribution in [2.24, 2.45) is 5.73 Å². The first-order chi connectivity index (χ1) is 15.1. The van der Waals surface area contributed by atoms with E-state index in [-0.39, 0.29) is 5.88 Å². The standard InChI is InChI=1S/C23H22N4O4/c1-4-30-17-9-8-13(11-18(17)29-3)19-16(12-24)22(25)31-23-20(19)21(26-27-23)14-6-5-7-15(10-14)28-2/h5-11,19H,4,25H2,1-3H3,(H,26,27)/t19-/m1/s1. The van der Waals surface area contributed by atoms with Crippen molar-refractivity contribution in [2.45, 2.75) is 12.8 Å². The summed E-state index contributed by atoms with van der Waals surface area (Å²) in [5.41, 5.74) is 9.45. The van der Waals surface area contributed by atoms with Crippen LogP contribution in [0.15, 0.2) is 53.9 Å². The van der Waals surface area contributed by atoms with Crippen molar-refractivity contribution in [3.63, 3.8) is 0 Å². The number of nitrogens with two attached hydrogens (primary N) is 1. The molecule has 1 aliphatic heterocycles. The summed E-state index contributed by atoms with van der Waals surface area (Å²) in [5.74, 6) is 1.74. The van der Waals surface area contributed by atoms with Crippen molar-refractivity contribution in [3.8, 4) is 40.5 Å². The third kappa shape index (κ3) is 3.51. The highest BCUT2D eigenvalue weighted by atomic mass is 16.5. The summed E-state index contributed by atoms with van der Waals surface area (Å²) in [6.07, 6.45) is 0. The lowest BCUT2D eigenvalue weighted by molar-refractivity contribution is 0.310. The van der Waals surface area contributed by atoms with Crippen LogP contribution in [0, 0.1) is 11.3 Å². The zero-order chi connectivity index (χ0) is 22.0. The van der Waals surface area contributed by atoms with Crippen LogP contribution >= 0.6 is 0 Å². The molecule has 31 heavy (non-hydrogen) atoms. The molecule has 0 aliphatic carbocycles. The first-order valence-electron chi connectivity index (χ1n) is 9.72. The van der Waals surface area contributed by atoms with E-state index in [2.05, 4.69) is 16.3 Å². The second kappa shape index (κ2) is 8.32. The number of H-pyrrole nitrogens is 1. The number of nitrogens with one attached hydrogen (secondary N) is 1.